The molecule has 1 aliphatic heterocycles. The van der Waals surface area contributed by atoms with E-state index in [9.17, 15) is 4.79 Å². The number of aryl methyl sites for hydroxylation is 1. The summed E-state index contributed by atoms with van der Waals surface area (Å²) < 4.78 is 5.66. The minimum absolute atomic E-state index is 0. The fraction of sp³-hybridized carbons (Fsp3) is 0.588. The lowest BCUT2D eigenvalue weighted by atomic mass is 9.92. The van der Waals surface area contributed by atoms with Crippen LogP contribution in [-0.4, -0.2) is 19.1 Å². The van der Waals surface area contributed by atoms with E-state index in [4.69, 9.17) is 4.74 Å². The number of fused-ring (bicyclic) bond motifs is 3. The van der Waals surface area contributed by atoms with Crippen LogP contribution in [0.1, 0.15) is 56.2 Å². The van der Waals surface area contributed by atoms with Crippen LogP contribution in [0.15, 0.2) is 12.1 Å². The molecule has 0 radical (unpaired) electrons. The van der Waals surface area contributed by atoms with Gasteiger partial charge in [0.15, 0.2) is 0 Å². The molecule has 1 N–H and O–H groups in total. The standard InChI is InChI=1S/C16H21NO2.CH4/c1-2-15(18)17-9-7-12-4-3-11-5-6-14-13(16(11)12)8-10-19-14;/h5-6,12H,2-4,7-10H2,1H3,(H,17,18);1H4/t12-;/m0./s1. The summed E-state index contributed by atoms with van der Waals surface area (Å²) in [7, 11) is 0. The molecule has 1 amide bonds. The van der Waals surface area contributed by atoms with E-state index >= 15 is 0 Å². The van der Waals surface area contributed by atoms with Gasteiger partial charge in [-0.05, 0) is 42.4 Å². The molecule has 20 heavy (non-hydrogen) atoms. The molecular formula is C17H25NO2. The van der Waals surface area contributed by atoms with Gasteiger partial charge in [0, 0.05) is 24.9 Å². The fourth-order valence-electron chi connectivity index (χ4n) is 3.35. The molecule has 0 spiro atoms. The van der Waals surface area contributed by atoms with E-state index in [2.05, 4.69) is 17.4 Å². The highest BCUT2D eigenvalue weighted by Gasteiger charge is 2.29. The van der Waals surface area contributed by atoms with Crippen molar-refractivity contribution < 1.29 is 9.53 Å². The topological polar surface area (TPSA) is 38.3 Å². The van der Waals surface area contributed by atoms with E-state index in [1.807, 2.05) is 6.92 Å². The van der Waals surface area contributed by atoms with E-state index in [-0.39, 0.29) is 13.3 Å². The van der Waals surface area contributed by atoms with Crippen LogP contribution in [0.3, 0.4) is 0 Å². The van der Waals surface area contributed by atoms with Gasteiger partial charge >= 0.3 is 0 Å². The molecule has 1 heterocycles. The van der Waals surface area contributed by atoms with E-state index in [1.165, 1.54) is 29.5 Å². The predicted molar refractivity (Wildman–Crippen MR) is 81.4 cm³/mol. The quantitative estimate of drug-likeness (QED) is 0.916. The second-order valence-corrected chi connectivity index (χ2v) is 5.44. The first kappa shape index (κ1) is 14.9. The largest absolute Gasteiger partial charge is 0.493 e. The molecule has 0 fully saturated rings. The lowest BCUT2D eigenvalue weighted by molar-refractivity contribution is -0.120. The van der Waals surface area contributed by atoms with E-state index < -0.39 is 0 Å². The number of carbonyl (C=O) groups is 1. The Morgan fingerprint density at radius 1 is 1.40 bits per heavy atom. The zero-order valence-electron chi connectivity index (χ0n) is 11.5. The Morgan fingerprint density at radius 3 is 3.05 bits per heavy atom. The lowest BCUT2D eigenvalue weighted by Gasteiger charge is -2.15. The van der Waals surface area contributed by atoms with Crippen LogP contribution in [0, 0.1) is 0 Å². The molecule has 0 unspecified atom stereocenters. The van der Waals surface area contributed by atoms with Crippen molar-refractivity contribution in [1.82, 2.24) is 5.32 Å². The van der Waals surface area contributed by atoms with Gasteiger partial charge < -0.3 is 10.1 Å². The highest BCUT2D eigenvalue weighted by atomic mass is 16.5. The molecule has 1 aromatic carbocycles. The van der Waals surface area contributed by atoms with Gasteiger partial charge in [0.1, 0.15) is 5.75 Å². The van der Waals surface area contributed by atoms with Crippen LogP contribution < -0.4 is 10.1 Å². The number of ether oxygens (including phenoxy) is 1. The number of rotatable bonds is 4. The third-order valence-electron chi connectivity index (χ3n) is 4.32. The van der Waals surface area contributed by atoms with Gasteiger partial charge in [-0.25, -0.2) is 0 Å². The molecule has 3 heteroatoms. The Morgan fingerprint density at radius 2 is 2.25 bits per heavy atom. The zero-order valence-corrected chi connectivity index (χ0v) is 11.5. The van der Waals surface area contributed by atoms with Gasteiger partial charge in [-0.3, -0.25) is 4.79 Å². The molecule has 2 aliphatic rings. The molecule has 1 aliphatic carbocycles. The summed E-state index contributed by atoms with van der Waals surface area (Å²) in [6, 6.07) is 4.35. The minimum Gasteiger partial charge on any atom is -0.493 e. The van der Waals surface area contributed by atoms with Crippen LogP contribution in [-0.2, 0) is 17.6 Å². The molecule has 3 rings (SSSR count). The highest BCUT2D eigenvalue weighted by molar-refractivity contribution is 5.75. The van der Waals surface area contributed by atoms with Crippen LogP contribution in [0.4, 0.5) is 0 Å². The molecule has 110 valence electrons. The van der Waals surface area contributed by atoms with Crippen LogP contribution in [0.5, 0.6) is 5.75 Å². The number of hydrogen-bond acceptors (Lipinski definition) is 2. The number of carbonyl (C=O) groups excluding carboxylic acids is 1. The summed E-state index contributed by atoms with van der Waals surface area (Å²) in [5.41, 5.74) is 4.46. The van der Waals surface area contributed by atoms with Crippen LogP contribution in [0.25, 0.3) is 0 Å². The third kappa shape index (κ3) is 2.67. The Labute approximate surface area is 121 Å². The summed E-state index contributed by atoms with van der Waals surface area (Å²) >= 11 is 0. The van der Waals surface area contributed by atoms with Gasteiger partial charge in [0.25, 0.3) is 0 Å². The Balaban J connectivity index is 0.00000147. The Kier molecular flexibility index (Phi) is 4.69. The highest BCUT2D eigenvalue weighted by Crippen LogP contribution is 2.42. The fourth-order valence-corrected chi connectivity index (χ4v) is 3.35. The maximum Gasteiger partial charge on any atom is 0.219 e. The first-order valence-electron chi connectivity index (χ1n) is 7.33. The molecule has 3 nitrogen and oxygen atoms in total. The lowest BCUT2D eigenvalue weighted by Crippen LogP contribution is -2.24. The SMILES string of the molecule is C.CCC(=O)NCC[C@@H]1CCc2ccc3c(c21)CCO3. The average molecular weight is 275 g/mol. The zero-order chi connectivity index (χ0) is 13.2. The van der Waals surface area contributed by atoms with E-state index in [1.54, 1.807) is 0 Å². The number of hydrogen-bond donors (Lipinski definition) is 1. The second-order valence-electron chi connectivity index (χ2n) is 5.44. The summed E-state index contributed by atoms with van der Waals surface area (Å²) in [5, 5.41) is 2.99. The van der Waals surface area contributed by atoms with Crippen molar-refractivity contribution in [3.05, 3.63) is 28.8 Å². The normalized spacial score (nSPS) is 18.8. The van der Waals surface area contributed by atoms with Gasteiger partial charge in [-0.15, -0.1) is 0 Å². The minimum atomic E-state index is 0. The van der Waals surface area contributed by atoms with Crippen LogP contribution >= 0.6 is 0 Å². The van der Waals surface area contributed by atoms with Crippen LogP contribution in [0.2, 0.25) is 0 Å². The van der Waals surface area contributed by atoms with Crippen molar-refractivity contribution in [2.75, 3.05) is 13.2 Å². The summed E-state index contributed by atoms with van der Waals surface area (Å²) in [6.45, 7) is 3.51. The average Bonchev–Trinajstić information content (AvgIpc) is 3.03. The van der Waals surface area contributed by atoms with Crippen molar-refractivity contribution in [2.45, 2.75) is 52.4 Å². The molecule has 1 aromatic rings. The molecule has 0 aromatic heterocycles. The smallest absolute Gasteiger partial charge is 0.219 e. The first-order valence-corrected chi connectivity index (χ1v) is 7.33. The van der Waals surface area contributed by atoms with Gasteiger partial charge in [-0.2, -0.15) is 0 Å². The Hall–Kier alpha value is -1.51. The van der Waals surface area contributed by atoms with E-state index in [0.29, 0.717) is 12.3 Å². The summed E-state index contributed by atoms with van der Waals surface area (Å²) in [4.78, 5) is 11.3. The van der Waals surface area contributed by atoms with Gasteiger partial charge in [0.2, 0.25) is 5.91 Å². The summed E-state index contributed by atoms with van der Waals surface area (Å²) in [6.07, 6.45) is 5.07. The molecule has 1 atom stereocenters. The summed E-state index contributed by atoms with van der Waals surface area (Å²) in [5.74, 6) is 1.84. The van der Waals surface area contributed by atoms with Crippen molar-refractivity contribution in [3.63, 3.8) is 0 Å². The van der Waals surface area contributed by atoms with Crippen molar-refractivity contribution in [3.8, 4) is 5.75 Å². The van der Waals surface area contributed by atoms with Gasteiger partial charge in [0.05, 0.1) is 6.61 Å². The molecular weight excluding hydrogens is 250 g/mol. The molecule has 0 saturated heterocycles. The Bertz CT molecular complexity index is 496. The number of amides is 1. The molecule has 0 saturated carbocycles. The number of benzene rings is 1. The third-order valence-corrected chi connectivity index (χ3v) is 4.32. The number of nitrogens with one attached hydrogen (secondary N) is 1. The maximum atomic E-state index is 11.3. The van der Waals surface area contributed by atoms with Crippen molar-refractivity contribution >= 4 is 5.91 Å². The van der Waals surface area contributed by atoms with E-state index in [0.717, 1.165) is 31.7 Å². The first-order chi connectivity index (χ1) is 9.29. The van der Waals surface area contributed by atoms with Crippen molar-refractivity contribution in [1.29, 1.82) is 0 Å². The predicted octanol–water partition coefficient (Wildman–Crippen LogP) is 3.20. The second kappa shape index (κ2) is 6.29. The maximum absolute atomic E-state index is 11.3. The van der Waals surface area contributed by atoms with Crippen molar-refractivity contribution in [2.24, 2.45) is 0 Å². The monoisotopic (exact) mass is 275 g/mol. The van der Waals surface area contributed by atoms with Gasteiger partial charge in [-0.1, -0.05) is 20.4 Å². The molecule has 0 bridgehead atoms.